The van der Waals surface area contributed by atoms with Crippen LogP contribution in [-0.2, 0) is 27.6 Å². The molecule has 0 aliphatic heterocycles. The number of alkyl halides is 3. The smallest absolute Gasteiger partial charge is 0.416 e. The van der Waals surface area contributed by atoms with Crippen LogP contribution in [0.4, 0.5) is 18.9 Å². The Balaban J connectivity index is 1.46. The third-order valence-electron chi connectivity index (χ3n) is 5.94. The largest absolute Gasteiger partial charge is 0.489 e. The molecule has 4 rings (SSSR count). The molecule has 218 valence electrons. The highest BCUT2D eigenvalue weighted by molar-refractivity contribution is 7.92. The molecule has 4 aromatic carbocycles. The van der Waals surface area contributed by atoms with E-state index >= 15 is 0 Å². The van der Waals surface area contributed by atoms with Crippen LogP contribution in [-0.4, -0.2) is 27.1 Å². The molecule has 0 aromatic heterocycles. The third kappa shape index (κ3) is 8.11. The number of nitrogens with zero attached hydrogens (tertiary/aromatic N) is 2. The Kier molecular flexibility index (Phi) is 9.54. The minimum absolute atomic E-state index is 0.181. The van der Waals surface area contributed by atoms with Crippen molar-refractivity contribution in [3.8, 4) is 5.75 Å². The minimum Gasteiger partial charge on any atom is -0.489 e. The Morgan fingerprint density at radius 2 is 1.67 bits per heavy atom. The first-order chi connectivity index (χ1) is 19.9. The molecule has 0 fully saturated rings. The van der Waals surface area contributed by atoms with E-state index in [4.69, 9.17) is 16.3 Å². The molecule has 7 nitrogen and oxygen atoms in total. The highest BCUT2D eigenvalue weighted by Gasteiger charge is 2.33. The molecule has 42 heavy (non-hydrogen) atoms. The molecule has 4 aromatic rings. The van der Waals surface area contributed by atoms with E-state index in [-0.39, 0.29) is 10.6 Å². The SMILES string of the molecule is Cc1ccc(S(=O)(=O)N(CC(=O)N/N=C\c2ccc(OCc3cccc(Cl)c3)cc2)c2cccc(C(F)(F)F)c2)cc1. The van der Waals surface area contributed by atoms with E-state index in [1.54, 1.807) is 55.5 Å². The number of hydrogen-bond acceptors (Lipinski definition) is 5. The molecule has 0 unspecified atom stereocenters. The first-order valence-corrected chi connectivity index (χ1v) is 14.3. The molecule has 0 saturated heterocycles. The van der Waals surface area contributed by atoms with Gasteiger partial charge in [0.2, 0.25) is 0 Å². The molecule has 0 saturated carbocycles. The standard InChI is InChI=1S/C30H25ClF3N3O4S/c1-21-8-14-28(15-9-21)42(39,40)37(26-7-3-5-24(17-26)30(32,33)34)19-29(38)36-35-18-22-10-12-27(13-11-22)41-20-23-4-2-6-25(31)16-23/h2-18H,19-20H2,1H3,(H,36,38)/b35-18-. The van der Waals surface area contributed by atoms with Crippen molar-refractivity contribution in [3.63, 3.8) is 0 Å². The van der Waals surface area contributed by atoms with Crippen LogP contribution in [0.3, 0.4) is 0 Å². The van der Waals surface area contributed by atoms with Gasteiger partial charge in [-0.2, -0.15) is 18.3 Å². The normalized spacial score (nSPS) is 11.8. The maximum Gasteiger partial charge on any atom is 0.416 e. The average molecular weight is 616 g/mol. The van der Waals surface area contributed by atoms with Crippen LogP contribution in [0.25, 0.3) is 0 Å². The fourth-order valence-corrected chi connectivity index (χ4v) is 5.40. The zero-order chi connectivity index (χ0) is 30.3. The van der Waals surface area contributed by atoms with Crippen LogP contribution in [0.5, 0.6) is 5.75 Å². The Bertz CT molecular complexity index is 1680. The summed E-state index contributed by atoms with van der Waals surface area (Å²) in [5.41, 5.74) is 3.15. The molecule has 1 N–H and O–H groups in total. The first kappa shape index (κ1) is 30.6. The number of hydrogen-bond donors (Lipinski definition) is 1. The summed E-state index contributed by atoms with van der Waals surface area (Å²) < 4.78 is 73.3. The molecule has 1 amide bonds. The van der Waals surface area contributed by atoms with E-state index in [2.05, 4.69) is 10.5 Å². The fraction of sp³-hybridized carbons (Fsp3) is 0.133. The van der Waals surface area contributed by atoms with Crippen molar-refractivity contribution in [2.75, 3.05) is 10.8 Å². The number of amides is 1. The van der Waals surface area contributed by atoms with Gasteiger partial charge in [-0.25, -0.2) is 13.8 Å². The van der Waals surface area contributed by atoms with Gasteiger partial charge in [0.05, 0.1) is 22.4 Å². The van der Waals surface area contributed by atoms with Crippen LogP contribution in [0.1, 0.15) is 22.3 Å². The molecule has 0 heterocycles. The number of benzene rings is 4. The average Bonchev–Trinajstić information content (AvgIpc) is 2.95. The highest BCUT2D eigenvalue weighted by atomic mass is 35.5. The lowest BCUT2D eigenvalue weighted by Gasteiger charge is -2.24. The van der Waals surface area contributed by atoms with Gasteiger partial charge in [-0.1, -0.05) is 47.5 Å². The summed E-state index contributed by atoms with van der Waals surface area (Å²) in [6.07, 6.45) is -3.38. The zero-order valence-corrected chi connectivity index (χ0v) is 23.7. The minimum atomic E-state index is -4.71. The summed E-state index contributed by atoms with van der Waals surface area (Å²) in [6.45, 7) is 1.26. The third-order valence-corrected chi connectivity index (χ3v) is 7.96. The van der Waals surface area contributed by atoms with Gasteiger partial charge in [0.15, 0.2) is 0 Å². The molecule has 0 spiro atoms. The van der Waals surface area contributed by atoms with Crippen molar-refractivity contribution in [3.05, 3.63) is 124 Å². The summed E-state index contributed by atoms with van der Waals surface area (Å²) in [6, 6.07) is 23.6. The van der Waals surface area contributed by atoms with E-state index in [9.17, 15) is 26.4 Å². The van der Waals surface area contributed by atoms with Crippen molar-refractivity contribution in [1.82, 2.24) is 5.43 Å². The van der Waals surface area contributed by atoms with Crippen LogP contribution in [0.15, 0.2) is 107 Å². The Labute approximate surface area is 246 Å². The topological polar surface area (TPSA) is 88.1 Å². The second-order valence-corrected chi connectivity index (χ2v) is 11.5. The number of hydrazone groups is 1. The molecular weight excluding hydrogens is 591 g/mol. The predicted octanol–water partition coefficient (Wildman–Crippen LogP) is 6.59. The van der Waals surface area contributed by atoms with Crippen LogP contribution in [0, 0.1) is 6.92 Å². The number of halogens is 4. The number of carbonyl (C=O) groups excluding carboxylic acids is 1. The number of carbonyl (C=O) groups is 1. The van der Waals surface area contributed by atoms with Gasteiger partial charge in [0.1, 0.15) is 18.9 Å². The number of ether oxygens (including phenoxy) is 1. The van der Waals surface area contributed by atoms with Gasteiger partial charge in [0, 0.05) is 5.02 Å². The molecule has 0 bridgehead atoms. The Hall–Kier alpha value is -4.35. The Morgan fingerprint density at radius 3 is 2.33 bits per heavy atom. The van der Waals surface area contributed by atoms with Gasteiger partial charge >= 0.3 is 6.18 Å². The first-order valence-electron chi connectivity index (χ1n) is 12.5. The van der Waals surface area contributed by atoms with E-state index < -0.39 is 34.2 Å². The highest BCUT2D eigenvalue weighted by Crippen LogP contribution is 2.33. The van der Waals surface area contributed by atoms with Crippen molar-refractivity contribution >= 4 is 39.4 Å². The molecule has 0 aliphatic carbocycles. The second kappa shape index (κ2) is 13.1. The van der Waals surface area contributed by atoms with Gasteiger partial charge in [0.25, 0.3) is 15.9 Å². The molecule has 0 aliphatic rings. The summed E-state index contributed by atoms with van der Waals surface area (Å²) in [4.78, 5) is 12.6. The van der Waals surface area contributed by atoms with Crippen LogP contribution < -0.4 is 14.5 Å². The number of nitrogens with one attached hydrogen (secondary N) is 1. The molecule has 0 radical (unpaired) electrons. The van der Waals surface area contributed by atoms with Gasteiger partial charge in [-0.05, 0) is 84.8 Å². The van der Waals surface area contributed by atoms with Crippen LogP contribution >= 0.6 is 11.6 Å². The van der Waals surface area contributed by atoms with Crippen molar-refractivity contribution in [1.29, 1.82) is 0 Å². The number of sulfonamides is 1. The molecule has 12 heteroatoms. The maximum absolute atomic E-state index is 13.4. The fourth-order valence-electron chi connectivity index (χ4n) is 3.78. The molecule has 0 atom stereocenters. The summed E-state index contributed by atoms with van der Waals surface area (Å²) >= 11 is 5.98. The van der Waals surface area contributed by atoms with Gasteiger partial charge in [-0.3, -0.25) is 9.10 Å². The Morgan fingerprint density at radius 1 is 0.976 bits per heavy atom. The zero-order valence-electron chi connectivity index (χ0n) is 22.2. The number of aryl methyl sites for hydroxylation is 1. The monoisotopic (exact) mass is 615 g/mol. The lowest BCUT2D eigenvalue weighted by Crippen LogP contribution is -2.39. The lowest BCUT2D eigenvalue weighted by atomic mass is 10.2. The van der Waals surface area contributed by atoms with E-state index in [1.807, 2.05) is 12.1 Å². The predicted molar refractivity (Wildman–Crippen MR) is 155 cm³/mol. The maximum atomic E-state index is 13.4. The van der Waals surface area contributed by atoms with Crippen molar-refractivity contribution in [2.24, 2.45) is 5.10 Å². The van der Waals surface area contributed by atoms with Gasteiger partial charge in [-0.15, -0.1) is 0 Å². The lowest BCUT2D eigenvalue weighted by molar-refractivity contribution is -0.137. The van der Waals surface area contributed by atoms with E-state index in [1.165, 1.54) is 24.4 Å². The van der Waals surface area contributed by atoms with Crippen LogP contribution in [0.2, 0.25) is 5.02 Å². The van der Waals surface area contributed by atoms with Gasteiger partial charge < -0.3 is 4.74 Å². The second-order valence-electron chi connectivity index (χ2n) is 9.15. The van der Waals surface area contributed by atoms with Crippen molar-refractivity contribution < 1.29 is 31.1 Å². The summed E-state index contributed by atoms with van der Waals surface area (Å²) in [7, 11) is -4.41. The van der Waals surface area contributed by atoms with E-state index in [0.717, 1.165) is 23.3 Å². The summed E-state index contributed by atoms with van der Waals surface area (Å²) in [5.74, 6) is -0.268. The van der Waals surface area contributed by atoms with E-state index in [0.29, 0.717) is 33.3 Å². The van der Waals surface area contributed by atoms with Crippen molar-refractivity contribution in [2.45, 2.75) is 24.6 Å². The molecular formula is C30H25ClF3N3O4S. The quantitative estimate of drug-likeness (QED) is 0.161. The summed E-state index contributed by atoms with van der Waals surface area (Å²) in [5, 5.41) is 4.47. The number of rotatable bonds is 10. The number of anilines is 1.